The predicted molar refractivity (Wildman–Crippen MR) is 89.6 cm³/mol. The van der Waals surface area contributed by atoms with Crippen molar-refractivity contribution < 1.29 is 18.7 Å². The Morgan fingerprint density at radius 1 is 1.42 bits per heavy atom. The summed E-state index contributed by atoms with van der Waals surface area (Å²) in [5.74, 6) is -0.479. The van der Waals surface area contributed by atoms with Crippen LogP contribution in [0.4, 0.5) is 9.18 Å². The van der Waals surface area contributed by atoms with E-state index in [4.69, 9.17) is 4.74 Å². The second-order valence-electron chi connectivity index (χ2n) is 6.82. The molecule has 5 nitrogen and oxygen atoms in total. The number of ketones is 1. The third kappa shape index (κ3) is 3.40. The van der Waals surface area contributed by atoms with Crippen LogP contribution in [0.3, 0.4) is 0 Å². The van der Waals surface area contributed by atoms with Gasteiger partial charge < -0.3 is 4.74 Å². The van der Waals surface area contributed by atoms with E-state index in [1.165, 1.54) is 22.3 Å². The highest BCUT2D eigenvalue weighted by Gasteiger charge is 2.39. The lowest BCUT2D eigenvalue weighted by Gasteiger charge is -2.40. The average Bonchev–Trinajstić information content (AvgIpc) is 2.78. The number of amides is 1. The monoisotopic (exact) mass is 350 g/mol. The number of halogens is 1. The molecule has 7 heteroatoms. The molecule has 0 N–H and O–H groups in total. The molecule has 2 aromatic rings. The van der Waals surface area contributed by atoms with Crippen molar-refractivity contribution in [1.82, 2.24) is 9.88 Å². The smallest absolute Gasteiger partial charge is 0.410 e. The molecular weight excluding hydrogens is 331 g/mol. The lowest BCUT2D eigenvalue weighted by atomic mass is 9.97. The van der Waals surface area contributed by atoms with Gasteiger partial charge in [-0.2, -0.15) is 0 Å². The van der Waals surface area contributed by atoms with Gasteiger partial charge in [-0.15, -0.1) is 11.3 Å². The van der Waals surface area contributed by atoms with E-state index in [0.29, 0.717) is 23.5 Å². The number of fused-ring (bicyclic) bond motifs is 1. The van der Waals surface area contributed by atoms with E-state index >= 15 is 0 Å². The predicted octanol–water partition coefficient (Wildman–Crippen LogP) is 3.56. The Bertz CT molecular complexity index is 797. The van der Waals surface area contributed by atoms with Crippen molar-refractivity contribution in [1.29, 1.82) is 0 Å². The molecule has 2 heterocycles. The van der Waals surface area contributed by atoms with E-state index in [1.54, 1.807) is 32.9 Å². The quantitative estimate of drug-likeness (QED) is 0.849. The topological polar surface area (TPSA) is 59.5 Å². The molecule has 1 aliphatic heterocycles. The van der Waals surface area contributed by atoms with E-state index in [2.05, 4.69) is 4.98 Å². The summed E-state index contributed by atoms with van der Waals surface area (Å²) in [4.78, 5) is 30.2. The Morgan fingerprint density at radius 2 is 2.17 bits per heavy atom. The zero-order valence-electron chi connectivity index (χ0n) is 13.8. The van der Waals surface area contributed by atoms with Crippen LogP contribution in [0.5, 0.6) is 0 Å². The second-order valence-corrected chi connectivity index (χ2v) is 7.93. The maximum absolute atomic E-state index is 13.7. The second kappa shape index (κ2) is 6.12. The summed E-state index contributed by atoms with van der Waals surface area (Å²) in [6.45, 7) is 5.88. The number of benzene rings is 1. The van der Waals surface area contributed by atoms with Crippen LogP contribution in [-0.4, -0.2) is 39.9 Å². The molecule has 1 aliphatic rings. The standard InChI is InChI=1S/C17H19FN2O3S/c1-17(2,3)23-16(22)20-8-7-11(20)12(21)9-14-19-15-10(18)5-4-6-13(15)24-14/h4-6,11H,7-9H2,1-3H3/t11-/m0/s1. The number of ether oxygens (including phenoxy) is 1. The van der Waals surface area contributed by atoms with Gasteiger partial charge in [-0.25, -0.2) is 14.2 Å². The number of hydrogen-bond donors (Lipinski definition) is 0. The molecule has 128 valence electrons. The molecular formula is C17H19FN2O3S. The number of rotatable bonds is 3. The molecule has 1 atom stereocenters. The van der Waals surface area contributed by atoms with Gasteiger partial charge in [0.05, 0.1) is 17.2 Å². The van der Waals surface area contributed by atoms with Crippen LogP contribution in [0.25, 0.3) is 10.2 Å². The Balaban J connectivity index is 1.68. The van der Waals surface area contributed by atoms with Crippen molar-refractivity contribution in [2.45, 2.75) is 45.3 Å². The molecule has 0 radical (unpaired) electrons. The number of Topliss-reactive ketones (excluding diaryl/α,β-unsaturated/α-hetero) is 1. The molecule has 0 unspecified atom stereocenters. The average molecular weight is 350 g/mol. The molecule has 1 amide bonds. The fourth-order valence-electron chi connectivity index (χ4n) is 2.56. The third-order valence-electron chi connectivity index (χ3n) is 3.76. The Labute approximate surface area is 143 Å². The van der Waals surface area contributed by atoms with Gasteiger partial charge in [0.25, 0.3) is 0 Å². The number of carbonyl (C=O) groups excluding carboxylic acids is 2. The molecule has 0 spiro atoms. The highest BCUT2D eigenvalue weighted by molar-refractivity contribution is 7.18. The lowest BCUT2D eigenvalue weighted by Crippen LogP contribution is -2.56. The highest BCUT2D eigenvalue weighted by Crippen LogP contribution is 2.27. The molecule has 1 saturated heterocycles. The minimum Gasteiger partial charge on any atom is -0.444 e. The van der Waals surface area contributed by atoms with Crippen LogP contribution < -0.4 is 0 Å². The first-order valence-electron chi connectivity index (χ1n) is 7.81. The number of para-hydroxylation sites is 1. The maximum Gasteiger partial charge on any atom is 0.410 e. The van der Waals surface area contributed by atoms with Gasteiger partial charge in [-0.05, 0) is 39.3 Å². The zero-order valence-corrected chi connectivity index (χ0v) is 14.7. The Morgan fingerprint density at radius 3 is 2.75 bits per heavy atom. The van der Waals surface area contributed by atoms with Crippen LogP contribution >= 0.6 is 11.3 Å². The normalized spacial score (nSPS) is 17.7. The molecule has 0 aliphatic carbocycles. The van der Waals surface area contributed by atoms with Crippen LogP contribution in [0.15, 0.2) is 18.2 Å². The van der Waals surface area contributed by atoms with Gasteiger partial charge in [0.1, 0.15) is 21.9 Å². The fraction of sp³-hybridized carbons (Fsp3) is 0.471. The van der Waals surface area contributed by atoms with Gasteiger partial charge in [0.2, 0.25) is 0 Å². The number of carbonyl (C=O) groups is 2. The fourth-order valence-corrected chi connectivity index (χ4v) is 3.56. The first kappa shape index (κ1) is 16.8. The largest absolute Gasteiger partial charge is 0.444 e. The highest BCUT2D eigenvalue weighted by atomic mass is 32.1. The molecule has 24 heavy (non-hydrogen) atoms. The summed E-state index contributed by atoms with van der Waals surface area (Å²) in [6, 6.07) is 4.28. The van der Waals surface area contributed by atoms with E-state index in [-0.39, 0.29) is 18.0 Å². The maximum atomic E-state index is 13.7. The summed E-state index contributed by atoms with van der Waals surface area (Å²) >= 11 is 1.30. The molecule has 0 saturated carbocycles. The van der Waals surface area contributed by atoms with E-state index in [0.717, 1.165) is 4.70 Å². The Hall–Kier alpha value is -2.02. The van der Waals surface area contributed by atoms with E-state index in [1.807, 2.05) is 0 Å². The molecule has 1 fully saturated rings. The van der Waals surface area contributed by atoms with Gasteiger partial charge >= 0.3 is 6.09 Å². The van der Waals surface area contributed by atoms with Crippen molar-refractivity contribution in [3.05, 3.63) is 29.0 Å². The van der Waals surface area contributed by atoms with Crippen LogP contribution in [0, 0.1) is 5.82 Å². The molecule has 0 bridgehead atoms. The molecule has 1 aromatic carbocycles. The van der Waals surface area contributed by atoms with Gasteiger partial charge in [-0.1, -0.05) is 6.07 Å². The van der Waals surface area contributed by atoms with Crippen molar-refractivity contribution in [2.24, 2.45) is 0 Å². The van der Waals surface area contributed by atoms with Crippen molar-refractivity contribution in [3.63, 3.8) is 0 Å². The van der Waals surface area contributed by atoms with E-state index in [9.17, 15) is 14.0 Å². The summed E-state index contributed by atoms with van der Waals surface area (Å²) in [5, 5.41) is 0.566. The van der Waals surface area contributed by atoms with Crippen LogP contribution in [-0.2, 0) is 16.0 Å². The summed E-state index contributed by atoms with van der Waals surface area (Å²) in [5.41, 5.74) is -0.298. The third-order valence-corrected chi connectivity index (χ3v) is 4.78. The van der Waals surface area contributed by atoms with E-state index < -0.39 is 17.7 Å². The lowest BCUT2D eigenvalue weighted by molar-refractivity contribution is -0.127. The van der Waals surface area contributed by atoms with Crippen molar-refractivity contribution in [3.8, 4) is 0 Å². The van der Waals surface area contributed by atoms with Crippen molar-refractivity contribution in [2.75, 3.05) is 6.54 Å². The number of likely N-dealkylation sites (tertiary alicyclic amines) is 1. The minimum atomic E-state index is -0.592. The van der Waals surface area contributed by atoms with Crippen LogP contribution in [0.2, 0.25) is 0 Å². The van der Waals surface area contributed by atoms with Crippen LogP contribution in [0.1, 0.15) is 32.2 Å². The SMILES string of the molecule is CC(C)(C)OC(=O)N1CC[C@H]1C(=O)Cc1nc2c(F)cccc2s1. The Kier molecular flexibility index (Phi) is 4.29. The summed E-state index contributed by atoms with van der Waals surface area (Å²) < 4.78 is 19.7. The number of aromatic nitrogens is 1. The van der Waals surface area contributed by atoms with Gasteiger partial charge in [0.15, 0.2) is 5.78 Å². The minimum absolute atomic E-state index is 0.0911. The van der Waals surface area contributed by atoms with Gasteiger partial charge in [-0.3, -0.25) is 9.69 Å². The summed E-state index contributed by atoms with van der Waals surface area (Å²) in [6.07, 6.45) is 0.252. The first-order chi connectivity index (χ1) is 11.2. The number of thiazole rings is 1. The first-order valence-corrected chi connectivity index (χ1v) is 8.62. The number of hydrogen-bond acceptors (Lipinski definition) is 5. The van der Waals surface area contributed by atoms with Gasteiger partial charge in [0, 0.05) is 6.54 Å². The zero-order chi connectivity index (χ0) is 17.5. The van der Waals surface area contributed by atoms with Crippen molar-refractivity contribution >= 4 is 33.4 Å². The number of nitrogens with zero attached hydrogens (tertiary/aromatic N) is 2. The molecule has 3 rings (SSSR count). The molecule has 1 aromatic heterocycles. The summed E-state index contributed by atoms with van der Waals surface area (Å²) in [7, 11) is 0.